The zero-order valence-electron chi connectivity index (χ0n) is 17.5. The van der Waals surface area contributed by atoms with Gasteiger partial charge in [0.2, 0.25) is 5.91 Å². The standard InChI is InChI=1S/C23H27N5O3/c29-21-12-26-22-20(28(21)13-16-5-6-16)9-18(11-25-22)23(30)27-8-2-4-19(14-27)31-15-17-3-1-7-24-10-17/h1,3,7,9-11,16,19H,2,4-6,8,12-15H2,(H,25,26). The molecule has 2 fully saturated rings. The molecule has 1 aliphatic carbocycles. The van der Waals surface area contributed by atoms with Crippen LogP contribution in [0.15, 0.2) is 36.8 Å². The molecular weight excluding hydrogens is 394 g/mol. The number of amides is 2. The van der Waals surface area contributed by atoms with Gasteiger partial charge in [0.05, 0.1) is 30.5 Å². The van der Waals surface area contributed by atoms with Crippen molar-refractivity contribution in [2.24, 2.45) is 5.92 Å². The third-order valence-corrected chi connectivity index (χ3v) is 6.12. The van der Waals surface area contributed by atoms with Gasteiger partial charge in [-0.05, 0) is 49.3 Å². The van der Waals surface area contributed by atoms with Gasteiger partial charge in [0.25, 0.3) is 5.91 Å². The molecule has 4 heterocycles. The molecule has 3 aliphatic rings. The molecule has 0 radical (unpaired) electrons. The summed E-state index contributed by atoms with van der Waals surface area (Å²) in [6.07, 6.45) is 9.30. The van der Waals surface area contributed by atoms with Crippen molar-refractivity contribution in [3.05, 3.63) is 47.9 Å². The Balaban J connectivity index is 1.27. The summed E-state index contributed by atoms with van der Waals surface area (Å²) >= 11 is 0. The molecule has 0 aromatic carbocycles. The van der Waals surface area contributed by atoms with E-state index in [1.807, 2.05) is 23.1 Å². The third-order valence-electron chi connectivity index (χ3n) is 6.12. The lowest BCUT2D eigenvalue weighted by atomic mass is 10.1. The maximum absolute atomic E-state index is 13.2. The molecule has 1 unspecified atom stereocenters. The first-order valence-corrected chi connectivity index (χ1v) is 11.0. The highest BCUT2D eigenvalue weighted by atomic mass is 16.5. The number of anilines is 2. The van der Waals surface area contributed by atoms with Crippen molar-refractivity contribution in [1.29, 1.82) is 0 Å². The van der Waals surface area contributed by atoms with E-state index in [-0.39, 0.29) is 24.5 Å². The van der Waals surface area contributed by atoms with Gasteiger partial charge in [0, 0.05) is 38.2 Å². The van der Waals surface area contributed by atoms with Gasteiger partial charge in [0.15, 0.2) is 0 Å². The minimum absolute atomic E-state index is 0.00176. The summed E-state index contributed by atoms with van der Waals surface area (Å²) in [5.41, 5.74) is 2.26. The lowest BCUT2D eigenvalue weighted by Crippen LogP contribution is -2.44. The quantitative estimate of drug-likeness (QED) is 0.771. The number of nitrogens with one attached hydrogen (secondary N) is 1. The molecule has 1 saturated carbocycles. The van der Waals surface area contributed by atoms with E-state index in [0.29, 0.717) is 43.5 Å². The van der Waals surface area contributed by atoms with Gasteiger partial charge in [-0.1, -0.05) is 6.07 Å². The third kappa shape index (κ3) is 4.54. The van der Waals surface area contributed by atoms with Crippen LogP contribution >= 0.6 is 0 Å². The SMILES string of the molecule is O=C(c1cnc2c(c1)N(CC1CC1)C(=O)CN2)N1CCCC(OCc2cccnc2)C1. The molecule has 0 spiro atoms. The van der Waals surface area contributed by atoms with Crippen molar-refractivity contribution in [1.82, 2.24) is 14.9 Å². The average molecular weight is 422 g/mol. The summed E-state index contributed by atoms with van der Waals surface area (Å²) in [5, 5.41) is 3.07. The molecule has 2 amide bonds. The second-order valence-electron chi connectivity index (χ2n) is 8.58. The second-order valence-corrected chi connectivity index (χ2v) is 8.58. The van der Waals surface area contributed by atoms with Gasteiger partial charge >= 0.3 is 0 Å². The van der Waals surface area contributed by atoms with Crippen LogP contribution in [0.25, 0.3) is 0 Å². The largest absolute Gasteiger partial charge is 0.372 e. The highest BCUT2D eigenvalue weighted by molar-refractivity contribution is 6.04. The molecule has 5 rings (SSSR count). The predicted octanol–water partition coefficient (Wildman–Crippen LogP) is 2.47. The molecule has 1 saturated heterocycles. The smallest absolute Gasteiger partial charge is 0.255 e. The van der Waals surface area contributed by atoms with E-state index in [2.05, 4.69) is 15.3 Å². The monoisotopic (exact) mass is 421 g/mol. The molecule has 8 heteroatoms. The average Bonchev–Trinajstić information content (AvgIpc) is 3.64. The van der Waals surface area contributed by atoms with E-state index in [0.717, 1.165) is 36.9 Å². The molecule has 8 nitrogen and oxygen atoms in total. The Bertz CT molecular complexity index is 963. The van der Waals surface area contributed by atoms with E-state index >= 15 is 0 Å². The van der Waals surface area contributed by atoms with E-state index in [4.69, 9.17) is 4.74 Å². The highest BCUT2D eigenvalue weighted by Crippen LogP contribution is 2.35. The number of nitrogens with zero attached hydrogens (tertiary/aromatic N) is 4. The second kappa shape index (κ2) is 8.63. The minimum atomic E-state index is -0.0608. The number of ether oxygens (including phenoxy) is 1. The van der Waals surface area contributed by atoms with Crippen LogP contribution in [0.1, 0.15) is 41.6 Å². The van der Waals surface area contributed by atoms with E-state index in [1.54, 1.807) is 23.5 Å². The fraction of sp³-hybridized carbons (Fsp3) is 0.478. The molecule has 2 aliphatic heterocycles. The Morgan fingerprint density at radius 1 is 1.26 bits per heavy atom. The number of hydrogen-bond acceptors (Lipinski definition) is 6. The fourth-order valence-corrected chi connectivity index (χ4v) is 4.20. The van der Waals surface area contributed by atoms with Crippen LogP contribution in [-0.4, -0.2) is 59.0 Å². The Hall–Kier alpha value is -3.00. The van der Waals surface area contributed by atoms with Gasteiger partial charge in [-0.25, -0.2) is 4.98 Å². The van der Waals surface area contributed by atoms with Gasteiger partial charge in [-0.15, -0.1) is 0 Å². The van der Waals surface area contributed by atoms with Gasteiger partial charge in [0.1, 0.15) is 5.82 Å². The zero-order valence-corrected chi connectivity index (χ0v) is 17.5. The molecule has 31 heavy (non-hydrogen) atoms. The minimum Gasteiger partial charge on any atom is -0.372 e. The first kappa shape index (κ1) is 19.9. The number of pyridine rings is 2. The molecule has 2 aromatic heterocycles. The Kier molecular flexibility index (Phi) is 5.55. The maximum Gasteiger partial charge on any atom is 0.255 e. The highest BCUT2D eigenvalue weighted by Gasteiger charge is 2.33. The summed E-state index contributed by atoms with van der Waals surface area (Å²) in [5.74, 6) is 1.21. The van der Waals surface area contributed by atoms with Crippen LogP contribution in [0, 0.1) is 5.92 Å². The molecular formula is C23H27N5O3. The molecule has 1 N–H and O–H groups in total. The van der Waals surface area contributed by atoms with Crippen LogP contribution in [0.5, 0.6) is 0 Å². The topological polar surface area (TPSA) is 87.7 Å². The molecule has 0 bridgehead atoms. The lowest BCUT2D eigenvalue weighted by Gasteiger charge is -2.33. The normalized spacial score (nSPS) is 20.9. The zero-order chi connectivity index (χ0) is 21.2. The van der Waals surface area contributed by atoms with Crippen molar-refractivity contribution in [2.75, 3.05) is 36.4 Å². The number of carbonyl (C=O) groups excluding carboxylic acids is 2. The summed E-state index contributed by atoms with van der Waals surface area (Å²) in [6.45, 7) is 2.71. The molecule has 2 aromatic rings. The maximum atomic E-state index is 13.2. The molecule has 162 valence electrons. The number of hydrogen-bond donors (Lipinski definition) is 1. The van der Waals surface area contributed by atoms with Crippen LogP contribution in [0.3, 0.4) is 0 Å². The predicted molar refractivity (Wildman–Crippen MR) is 116 cm³/mol. The summed E-state index contributed by atoms with van der Waals surface area (Å²) in [6, 6.07) is 5.70. The van der Waals surface area contributed by atoms with E-state index in [9.17, 15) is 9.59 Å². The molecule has 1 atom stereocenters. The van der Waals surface area contributed by atoms with Gasteiger partial charge < -0.3 is 19.9 Å². The summed E-state index contributed by atoms with van der Waals surface area (Å²) in [7, 11) is 0. The number of carbonyl (C=O) groups is 2. The Morgan fingerprint density at radius 3 is 2.97 bits per heavy atom. The van der Waals surface area contributed by atoms with Crippen molar-refractivity contribution in [3.8, 4) is 0 Å². The number of aromatic nitrogens is 2. The van der Waals surface area contributed by atoms with Crippen molar-refractivity contribution >= 4 is 23.3 Å². The Labute approximate surface area is 181 Å². The van der Waals surface area contributed by atoms with Crippen LogP contribution in [0.4, 0.5) is 11.5 Å². The number of fused-ring (bicyclic) bond motifs is 1. The van der Waals surface area contributed by atoms with Crippen molar-refractivity contribution in [2.45, 2.75) is 38.4 Å². The van der Waals surface area contributed by atoms with Crippen molar-refractivity contribution in [3.63, 3.8) is 0 Å². The van der Waals surface area contributed by atoms with Crippen LogP contribution in [0.2, 0.25) is 0 Å². The van der Waals surface area contributed by atoms with Gasteiger partial charge in [-0.2, -0.15) is 0 Å². The number of likely N-dealkylation sites (tertiary alicyclic amines) is 1. The first-order chi connectivity index (χ1) is 15.2. The number of piperidine rings is 1. The fourth-order valence-electron chi connectivity index (χ4n) is 4.20. The first-order valence-electron chi connectivity index (χ1n) is 11.0. The van der Waals surface area contributed by atoms with Crippen LogP contribution in [-0.2, 0) is 16.1 Å². The van der Waals surface area contributed by atoms with Gasteiger partial charge in [-0.3, -0.25) is 14.6 Å². The van der Waals surface area contributed by atoms with Crippen LogP contribution < -0.4 is 10.2 Å². The lowest BCUT2D eigenvalue weighted by molar-refractivity contribution is -0.117. The summed E-state index contributed by atoms with van der Waals surface area (Å²) in [4.78, 5) is 37.9. The summed E-state index contributed by atoms with van der Waals surface area (Å²) < 4.78 is 6.05. The van der Waals surface area contributed by atoms with E-state index in [1.165, 1.54) is 0 Å². The van der Waals surface area contributed by atoms with Crippen molar-refractivity contribution < 1.29 is 14.3 Å². The van der Waals surface area contributed by atoms with E-state index < -0.39 is 0 Å². The number of rotatable bonds is 6. The Morgan fingerprint density at radius 2 is 2.16 bits per heavy atom.